The lowest BCUT2D eigenvalue weighted by Crippen LogP contribution is -2.50. The molecule has 1 aliphatic heterocycles. The van der Waals surface area contributed by atoms with Crippen LogP contribution in [0.2, 0.25) is 5.02 Å². The molecule has 0 aliphatic carbocycles. The van der Waals surface area contributed by atoms with E-state index in [1.54, 1.807) is 24.3 Å². The Morgan fingerprint density at radius 1 is 1.29 bits per heavy atom. The molecule has 5 nitrogen and oxygen atoms in total. The number of rotatable bonds is 2. The van der Waals surface area contributed by atoms with Gasteiger partial charge in [-0.15, -0.1) is 0 Å². The van der Waals surface area contributed by atoms with Crippen LogP contribution >= 0.6 is 11.6 Å². The van der Waals surface area contributed by atoms with Crippen molar-refractivity contribution in [3.63, 3.8) is 0 Å². The quantitative estimate of drug-likeness (QED) is 0.907. The number of fused-ring (bicyclic) bond motifs is 1. The zero-order chi connectivity index (χ0) is 17.3. The van der Waals surface area contributed by atoms with Gasteiger partial charge >= 0.3 is 0 Å². The molecule has 24 heavy (non-hydrogen) atoms. The number of halogens is 2. The number of benzene rings is 2. The Bertz CT molecular complexity index is 812. The Hall–Kier alpha value is -2.60. The summed E-state index contributed by atoms with van der Waals surface area (Å²) in [6, 6.07) is 10.7. The Kier molecular flexibility index (Phi) is 4.40. The highest BCUT2D eigenvalue weighted by Crippen LogP contribution is 2.34. The van der Waals surface area contributed by atoms with E-state index in [-0.39, 0.29) is 23.0 Å². The van der Waals surface area contributed by atoms with Crippen molar-refractivity contribution >= 4 is 29.1 Å². The lowest BCUT2D eigenvalue weighted by atomic mass is 10.1. The van der Waals surface area contributed by atoms with Crippen molar-refractivity contribution in [2.24, 2.45) is 0 Å². The third-order valence-electron chi connectivity index (χ3n) is 3.72. The van der Waals surface area contributed by atoms with E-state index in [9.17, 15) is 14.0 Å². The summed E-state index contributed by atoms with van der Waals surface area (Å²) in [7, 11) is 1.48. The lowest BCUT2D eigenvalue weighted by molar-refractivity contribution is -0.127. The van der Waals surface area contributed by atoms with E-state index in [0.29, 0.717) is 11.4 Å². The molecular weight excluding hydrogens is 335 g/mol. The number of likely N-dealkylation sites (N-methyl/N-ethyl adjacent to an activating group) is 1. The molecule has 0 saturated heterocycles. The van der Waals surface area contributed by atoms with Gasteiger partial charge in [-0.2, -0.15) is 0 Å². The van der Waals surface area contributed by atoms with Crippen molar-refractivity contribution in [2.45, 2.75) is 6.10 Å². The molecule has 1 heterocycles. The summed E-state index contributed by atoms with van der Waals surface area (Å²) in [4.78, 5) is 26.1. The standard InChI is InChI=1S/C17H14ClFN2O3/c1-20-16(22)15-9-21(13-4-2-3-5-14(13)24-15)17(23)11-7-6-10(18)8-12(11)19/h2-8,15H,9H2,1H3,(H,20,22)/t15-/m1/s1. The summed E-state index contributed by atoms with van der Waals surface area (Å²) >= 11 is 5.73. The van der Waals surface area contributed by atoms with Crippen LogP contribution in [-0.4, -0.2) is 31.5 Å². The van der Waals surface area contributed by atoms with Gasteiger partial charge in [-0.05, 0) is 30.3 Å². The number of nitrogens with zero attached hydrogens (tertiary/aromatic N) is 1. The van der Waals surface area contributed by atoms with Crippen LogP contribution in [0.15, 0.2) is 42.5 Å². The summed E-state index contributed by atoms with van der Waals surface area (Å²) in [6.07, 6.45) is -0.871. The summed E-state index contributed by atoms with van der Waals surface area (Å²) in [5.41, 5.74) is 0.365. The molecule has 1 atom stereocenters. The van der Waals surface area contributed by atoms with Crippen molar-refractivity contribution < 1.29 is 18.7 Å². The Morgan fingerprint density at radius 3 is 2.75 bits per heavy atom. The third-order valence-corrected chi connectivity index (χ3v) is 3.95. The van der Waals surface area contributed by atoms with E-state index in [0.717, 1.165) is 6.07 Å². The molecule has 0 bridgehead atoms. The van der Waals surface area contributed by atoms with E-state index < -0.39 is 17.8 Å². The first-order valence-electron chi connectivity index (χ1n) is 7.25. The van der Waals surface area contributed by atoms with Crippen LogP contribution in [0, 0.1) is 5.82 Å². The highest BCUT2D eigenvalue weighted by atomic mass is 35.5. The van der Waals surface area contributed by atoms with Gasteiger partial charge in [0.2, 0.25) is 0 Å². The molecule has 1 N–H and O–H groups in total. The van der Waals surface area contributed by atoms with E-state index in [4.69, 9.17) is 16.3 Å². The van der Waals surface area contributed by atoms with E-state index in [1.807, 2.05) is 0 Å². The zero-order valence-electron chi connectivity index (χ0n) is 12.8. The number of carbonyl (C=O) groups is 2. The minimum Gasteiger partial charge on any atom is -0.477 e. The number of ether oxygens (including phenoxy) is 1. The number of carbonyl (C=O) groups excluding carboxylic acids is 2. The predicted molar refractivity (Wildman–Crippen MR) is 88.0 cm³/mol. The van der Waals surface area contributed by atoms with Crippen LogP contribution in [0.25, 0.3) is 0 Å². The van der Waals surface area contributed by atoms with Crippen molar-refractivity contribution in [3.05, 3.63) is 58.9 Å². The smallest absolute Gasteiger partial charge is 0.262 e. The Morgan fingerprint density at radius 2 is 2.04 bits per heavy atom. The minimum atomic E-state index is -0.871. The summed E-state index contributed by atoms with van der Waals surface area (Å²) in [6.45, 7) is -0.0163. The normalized spacial score (nSPS) is 16.1. The third kappa shape index (κ3) is 2.92. The summed E-state index contributed by atoms with van der Waals surface area (Å²) in [5.74, 6) is -1.25. The zero-order valence-corrected chi connectivity index (χ0v) is 13.5. The second-order valence-electron chi connectivity index (χ2n) is 5.23. The van der Waals surface area contributed by atoms with Gasteiger partial charge in [-0.3, -0.25) is 9.59 Å². The van der Waals surface area contributed by atoms with Gasteiger partial charge in [0, 0.05) is 12.1 Å². The van der Waals surface area contributed by atoms with Crippen LogP contribution < -0.4 is 15.0 Å². The molecule has 7 heteroatoms. The van der Waals surface area contributed by atoms with E-state index in [2.05, 4.69) is 5.32 Å². The summed E-state index contributed by atoms with van der Waals surface area (Å²) < 4.78 is 19.7. The molecule has 124 valence electrons. The van der Waals surface area contributed by atoms with Crippen LogP contribution in [0.5, 0.6) is 5.75 Å². The summed E-state index contributed by atoms with van der Waals surface area (Å²) in [5, 5.41) is 2.69. The van der Waals surface area contributed by atoms with Gasteiger partial charge in [0.05, 0.1) is 17.8 Å². The van der Waals surface area contributed by atoms with Crippen LogP contribution in [-0.2, 0) is 4.79 Å². The van der Waals surface area contributed by atoms with Gasteiger partial charge in [-0.1, -0.05) is 23.7 Å². The molecule has 0 spiro atoms. The van der Waals surface area contributed by atoms with Crippen molar-refractivity contribution in [2.75, 3.05) is 18.5 Å². The number of anilines is 1. The van der Waals surface area contributed by atoms with E-state index >= 15 is 0 Å². The minimum absolute atomic E-state index is 0.0163. The predicted octanol–water partition coefficient (Wildman–Crippen LogP) is 2.63. The molecule has 0 fully saturated rings. The van der Waals surface area contributed by atoms with Crippen molar-refractivity contribution in [1.82, 2.24) is 5.32 Å². The monoisotopic (exact) mass is 348 g/mol. The first-order chi connectivity index (χ1) is 11.5. The van der Waals surface area contributed by atoms with Gasteiger partial charge in [0.25, 0.3) is 11.8 Å². The van der Waals surface area contributed by atoms with Crippen molar-refractivity contribution in [3.8, 4) is 5.75 Å². The van der Waals surface area contributed by atoms with Crippen LogP contribution in [0.4, 0.5) is 10.1 Å². The first kappa shape index (κ1) is 16.3. The fourth-order valence-electron chi connectivity index (χ4n) is 2.53. The molecule has 0 radical (unpaired) electrons. The molecule has 0 saturated carbocycles. The second kappa shape index (κ2) is 6.49. The molecule has 2 amide bonds. The maximum absolute atomic E-state index is 14.1. The van der Waals surface area contributed by atoms with Gasteiger partial charge in [-0.25, -0.2) is 4.39 Å². The molecule has 0 unspecified atom stereocenters. The number of hydrogen-bond acceptors (Lipinski definition) is 3. The second-order valence-corrected chi connectivity index (χ2v) is 5.66. The number of nitrogens with one attached hydrogen (secondary N) is 1. The maximum atomic E-state index is 14.1. The highest BCUT2D eigenvalue weighted by Gasteiger charge is 2.34. The van der Waals surface area contributed by atoms with Crippen LogP contribution in [0.1, 0.15) is 10.4 Å². The fourth-order valence-corrected chi connectivity index (χ4v) is 2.69. The Labute approximate surface area is 143 Å². The molecular formula is C17H14ClFN2O3. The average molecular weight is 349 g/mol. The lowest BCUT2D eigenvalue weighted by Gasteiger charge is -2.34. The number of amides is 2. The van der Waals surface area contributed by atoms with Crippen molar-refractivity contribution in [1.29, 1.82) is 0 Å². The van der Waals surface area contributed by atoms with Gasteiger partial charge in [0.15, 0.2) is 6.10 Å². The van der Waals surface area contributed by atoms with E-state index in [1.165, 1.54) is 24.1 Å². The van der Waals surface area contributed by atoms with Gasteiger partial charge in [0.1, 0.15) is 11.6 Å². The highest BCUT2D eigenvalue weighted by molar-refractivity contribution is 6.30. The van der Waals surface area contributed by atoms with Gasteiger partial charge < -0.3 is 15.0 Å². The Balaban J connectivity index is 2.01. The fraction of sp³-hybridized carbons (Fsp3) is 0.176. The molecule has 3 rings (SSSR count). The topological polar surface area (TPSA) is 58.6 Å². The first-order valence-corrected chi connectivity index (χ1v) is 7.63. The largest absolute Gasteiger partial charge is 0.477 e. The maximum Gasteiger partial charge on any atom is 0.262 e. The molecule has 2 aromatic carbocycles. The SMILES string of the molecule is CNC(=O)[C@H]1CN(C(=O)c2ccc(Cl)cc2F)c2ccccc2O1. The molecule has 2 aromatic rings. The number of hydrogen-bond donors (Lipinski definition) is 1. The number of para-hydroxylation sites is 2. The molecule has 0 aromatic heterocycles. The van der Waals surface area contributed by atoms with Crippen LogP contribution in [0.3, 0.4) is 0 Å². The average Bonchev–Trinajstić information content (AvgIpc) is 2.59. The molecule has 1 aliphatic rings.